The Morgan fingerprint density at radius 2 is 1.54 bits per heavy atom. The quantitative estimate of drug-likeness (QED) is 0.0771. The Balaban J connectivity index is 1.28. The number of carboxylic acid groups (broad SMARTS) is 1. The number of aliphatic carboxylic acids is 1. The van der Waals surface area contributed by atoms with Crippen molar-refractivity contribution in [1.29, 1.82) is 0 Å². The summed E-state index contributed by atoms with van der Waals surface area (Å²) in [6.45, 7) is 2.85. The number of benzene rings is 4. The Morgan fingerprint density at radius 1 is 0.861 bits per heavy atom. The van der Waals surface area contributed by atoms with Gasteiger partial charge in [-0.15, -0.1) is 0 Å². The van der Waals surface area contributed by atoms with Crippen LogP contribution in [0.4, 0.5) is 0 Å². The highest BCUT2D eigenvalue weighted by atomic mass is 16.5. The lowest BCUT2D eigenvalue weighted by Gasteiger charge is -2.42. The summed E-state index contributed by atoms with van der Waals surface area (Å²) in [7, 11) is 0. The van der Waals surface area contributed by atoms with E-state index in [1.54, 1.807) is 41.3 Å². The maximum Gasteiger partial charge on any atom is 0.326 e. The van der Waals surface area contributed by atoms with Crippen LogP contribution in [0.25, 0.3) is 11.1 Å². The number of nitrogens with zero attached hydrogens (tertiary/aromatic N) is 1. The average molecular weight is 987 g/mol. The molecule has 0 radical (unpaired) electrons. The maximum atomic E-state index is 15.0. The van der Waals surface area contributed by atoms with E-state index in [-0.39, 0.29) is 64.9 Å². The summed E-state index contributed by atoms with van der Waals surface area (Å²) in [5, 5.41) is 37.5. The van der Waals surface area contributed by atoms with Crippen molar-refractivity contribution in [3.63, 3.8) is 0 Å². The van der Waals surface area contributed by atoms with E-state index >= 15 is 4.79 Å². The van der Waals surface area contributed by atoms with Gasteiger partial charge in [-0.25, -0.2) is 4.79 Å². The molecule has 2 unspecified atom stereocenters. The minimum Gasteiger partial charge on any atom is -0.480 e. The SMILES string of the molecule is CC(=O)N[C@@H](Cc1ccc(-c2ccc(CC3NC(=O)[C@]4(Cc5ccccc5)CCCN(C4)C(=O)/C=C/C(O)NCC[C@@H](C(=O)NCCOCCN)NC(=O)Cc4ccccc4CNC3=O)cc2)cc1)C(=O)O. The minimum atomic E-state index is -1.28. The zero-order chi connectivity index (χ0) is 51.5. The van der Waals surface area contributed by atoms with Gasteiger partial charge in [0.05, 0.1) is 25.0 Å². The molecular weight excluding hydrogens is 921 g/mol. The van der Waals surface area contributed by atoms with Gasteiger partial charge in [-0.1, -0.05) is 103 Å². The molecule has 4 aromatic rings. The molecule has 2 heterocycles. The zero-order valence-corrected chi connectivity index (χ0v) is 40.6. The molecule has 72 heavy (non-hydrogen) atoms. The highest BCUT2D eigenvalue weighted by molar-refractivity contribution is 5.93. The molecule has 6 rings (SSSR count). The largest absolute Gasteiger partial charge is 0.480 e. The van der Waals surface area contributed by atoms with Crippen LogP contribution in [0, 0.1) is 5.41 Å². The number of fused-ring (bicyclic) bond motifs is 3. The summed E-state index contributed by atoms with van der Waals surface area (Å²) in [5.74, 6) is -3.76. The lowest BCUT2D eigenvalue weighted by atomic mass is 9.74. The predicted octanol–water partition coefficient (Wildman–Crippen LogP) is 1.67. The van der Waals surface area contributed by atoms with Gasteiger partial charge >= 0.3 is 5.97 Å². The number of nitrogens with one attached hydrogen (secondary N) is 6. The van der Waals surface area contributed by atoms with Gasteiger partial charge in [0, 0.05) is 65.1 Å². The molecule has 18 heteroatoms. The van der Waals surface area contributed by atoms with Gasteiger partial charge in [0.15, 0.2) is 0 Å². The molecule has 2 bridgehead atoms. The molecule has 4 aromatic carbocycles. The Kier molecular flexibility index (Phi) is 20.1. The Bertz CT molecular complexity index is 2520. The summed E-state index contributed by atoms with van der Waals surface area (Å²) in [6.07, 6.45) is 2.67. The first-order valence-corrected chi connectivity index (χ1v) is 24.3. The number of rotatable bonds is 15. The normalized spacial score (nSPS) is 21.3. The van der Waals surface area contributed by atoms with E-state index in [0.29, 0.717) is 43.7 Å². The predicted molar refractivity (Wildman–Crippen MR) is 269 cm³/mol. The summed E-state index contributed by atoms with van der Waals surface area (Å²) in [6, 6.07) is 28.4. The summed E-state index contributed by atoms with van der Waals surface area (Å²) < 4.78 is 5.38. The van der Waals surface area contributed by atoms with Crippen molar-refractivity contribution in [2.75, 3.05) is 45.9 Å². The van der Waals surface area contributed by atoms with Crippen molar-refractivity contribution >= 4 is 41.4 Å². The number of hydrogen-bond donors (Lipinski definition) is 9. The molecule has 0 saturated carbocycles. The van der Waals surface area contributed by atoms with Crippen molar-refractivity contribution < 1.29 is 48.5 Å². The molecule has 5 atom stereocenters. The Hall–Kier alpha value is -7.25. The Labute approximate surface area is 419 Å². The second-order valence-corrected chi connectivity index (χ2v) is 18.2. The van der Waals surface area contributed by atoms with Crippen LogP contribution in [-0.4, -0.2) is 127 Å². The fourth-order valence-electron chi connectivity index (χ4n) is 8.99. The van der Waals surface area contributed by atoms with E-state index in [1.807, 2.05) is 66.7 Å². The molecule has 1 saturated heterocycles. The van der Waals surface area contributed by atoms with Crippen LogP contribution in [0.3, 0.4) is 0 Å². The number of hydrogen-bond acceptors (Lipinski definition) is 11. The second kappa shape index (κ2) is 26.8. The van der Waals surface area contributed by atoms with E-state index < -0.39 is 71.2 Å². The van der Waals surface area contributed by atoms with Gasteiger partial charge in [0.2, 0.25) is 35.4 Å². The third kappa shape index (κ3) is 16.1. The van der Waals surface area contributed by atoms with Gasteiger partial charge in [-0.05, 0) is 70.7 Å². The topological polar surface area (TPSA) is 271 Å². The molecule has 0 aliphatic carbocycles. The minimum absolute atomic E-state index is 0.0138. The van der Waals surface area contributed by atoms with E-state index in [9.17, 15) is 39.0 Å². The first kappa shape index (κ1) is 54.1. The van der Waals surface area contributed by atoms with Gasteiger partial charge < -0.3 is 52.2 Å². The fourth-order valence-corrected chi connectivity index (χ4v) is 8.99. The van der Waals surface area contributed by atoms with Gasteiger partial charge in [0.1, 0.15) is 24.4 Å². The maximum absolute atomic E-state index is 15.0. The standard InChI is InChI=1S/C54H66N8O10/c1-36(63)59-46(52(69)70)31-38-14-18-41(19-15-38)40-16-12-37(13-17-40)30-45-51(68)58-34-43-11-6-5-10-42(43)32-48(65)60-44(50(67)57-26-29-72-28-24-55)22-25-56-47(64)20-21-49(66)62-27-7-23-54(35-62,53(71)61-45)33-39-8-3-2-4-9-39/h2-6,8-21,44-47,56,64H,7,22-35,55H2,1H3,(H,57,67)(H,58,68)(H,59,63)(H,60,65)(H,61,71)(H,69,70)/b21-20+/t44-,45?,46-,47?,54-/m0/s1. The number of carbonyl (C=O) groups is 7. The highest BCUT2D eigenvalue weighted by Crippen LogP contribution is 2.35. The van der Waals surface area contributed by atoms with Crippen molar-refractivity contribution in [2.24, 2.45) is 11.1 Å². The molecule has 10 N–H and O–H groups in total. The number of aliphatic hydroxyl groups excluding tert-OH is 1. The molecule has 6 amide bonds. The fraction of sp³-hybridized carbons (Fsp3) is 0.389. The molecule has 2 aliphatic heterocycles. The molecular formula is C54H66N8O10. The lowest BCUT2D eigenvalue weighted by molar-refractivity contribution is -0.142. The van der Waals surface area contributed by atoms with Crippen LogP contribution in [0.2, 0.25) is 0 Å². The van der Waals surface area contributed by atoms with Gasteiger partial charge in [-0.3, -0.25) is 34.1 Å². The first-order chi connectivity index (χ1) is 34.7. The van der Waals surface area contributed by atoms with Crippen molar-refractivity contribution in [3.8, 4) is 11.1 Å². The number of aliphatic hydroxyl groups is 1. The number of carboxylic acids is 1. The number of amides is 6. The van der Waals surface area contributed by atoms with E-state index in [0.717, 1.165) is 27.8 Å². The number of carbonyl (C=O) groups excluding carboxylic acids is 6. The van der Waals surface area contributed by atoms with Crippen molar-refractivity contribution in [2.45, 2.75) is 82.8 Å². The van der Waals surface area contributed by atoms with E-state index in [1.165, 1.54) is 19.1 Å². The van der Waals surface area contributed by atoms with Crippen LogP contribution >= 0.6 is 0 Å². The number of nitrogens with two attached hydrogens (primary N) is 1. The highest BCUT2D eigenvalue weighted by Gasteiger charge is 2.44. The third-order valence-electron chi connectivity index (χ3n) is 12.8. The zero-order valence-electron chi connectivity index (χ0n) is 40.6. The lowest BCUT2D eigenvalue weighted by Crippen LogP contribution is -2.58. The van der Waals surface area contributed by atoms with E-state index in [4.69, 9.17) is 10.5 Å². The summed E-state index contributed by atoms with van der Waals surface area (Å²) in [5.41, 5.74) is 9.67. The molecule has 0 aromatic heterocycles. The molecule has 18 nitrogen and oxygen atoms in total. The smallest absolute Gasteiger partial charge is 0.326 e. The molecule has 0 spiro atoms. The van der Waals surface area contributed by atoms with Crippen LogP contribution in [-0.2, 0) is 70.5 Å². The van der Waals surface area contributed by atoms with Crippen molar-refractivity contribution in [3.05, 3.63) is 143 Å². The third-order valence-corrected chi connectivity index (χ3v) is 12.8. The summed E-state index contributed by atoms with van der Waals surface area (Å²) >= 11 is 0. The van der Waals surface area contributed by atoms with Gasteiger partial charge in [-0.2, -0.15) is 0 Å². The van der Waals surface area contributed by atoms with Crippen LogP contribution < -0.4 is 37.6 Å². The second-order valence-electron chi connectivity index (χ2n) is 18.2. The Morgan fingerprint density at radius 3 is 2.22 bits per heavy atom. The monoisotopic (exact) mass is 986 g/mol. The van der Waals surface area contributed by atoms with E-state index in [2.05, 4.69) is 31.9 Å². The summed E-state index contributed by atoms with van der Waals surface area (Å²) in [4.78, 5) is 95.2. The average Bonchev–Trinajstić information content (AvgIpc) is 3.37. The van der Waals surface area contributed by atoms with Crippen molar-refractivity contribution in [1.82, 2.24) is 36.8 Å². The molecule has 1 fully saturated rings. The number of ether oxygens (including phenoxy) is 1. The molecule has 382 valence electrons. The van der Waals surface area contributed by atoms with Crippen LogP contribution in [0.5, 0.6) is 0 Å². The van der Waals surface area contributed by atoms with Crippen LogP contribution in [0.15, 0.2) is 115 Å². The number of piperidine rings is 1. The molecule has 2 aliphatic rings. The van der Waals surface area contributed by atoms with Crippen LogP contribution in [0.1, 0.15) is 54.0 Å². The first-order valence-electron chi connectivity index (χ1n) is 24.3. The van der Waals surface area contributed by atoms with Gasteiger partial charge in [0.25, 0.3) is 0 Å².